The number of imide groups is 1. The van der Waals surface area contributed by atoms with Gasteiger partial charge in [0.25, 0.3) is 0 Å². The van der Waals surface area contributed by atoms with E-state index in [1.54, 1.807) is 17.9 Å². The molecule has 1 aliphatic carbocycles. The lowest BCUT2D eigenvalue weighted by Crippen LogP contribution is -2.53. The lowest BCUT2D eigenvalue weighted by Gasteiger charge is -2.42. The molecule has 3 aromatic heterocycles. The van der Waals surface area contributed by atoms with Crippen LogP contribution in [0.1, 0.15) is 68.5 Å². The Morgan fingerprint density at radius 3 is 2.58 bits per heavy atom. The van der Waals surface area contributed by atoms with Crippen LogP contribution in [0.15, 0.2) is 35.5 Å². The van der Waals surface area contributed by atoms with Crippen molar-refractivity contribution in [3.05, 3.63) is 52.3 Å². The molecule has 4 aromatic rings. The Hall–Kier alpha value is -4.56. The molecule has 14 nitrogen and oxygen atoms in total. The van der Waals surface area contributed by atoms with Crippen molar-refractivity contribution in [1.29, 1.82) is 0 Å². The van der Waals surface area contributed by atoms with Crippen LogP contribution in [0.2, 0.25) is 0 Å². The van der Waals surface area contributed by atoms with Crippen molar-refractivity contribution >= 4 is 45.6 Å². The Bertz CT molecular complexity index is 1930. The maximum atomic E-state index is 13.0. The summed E-state index contributed by atoms with van der Waals surface area (Å²) < 4.78 is 8.89. The first-order valence-corrected chi connectivity index (χ1v) is 17.9. The minimum absolute atomic E-state index is 0.153. The fraction of sp³-hybridized carbons (Fsp3) is 0.556. The fourth-order valence-electron chi connectivity index (χ4n) is 7.93. The number of nitrogens with one attached hydrogen (secondary N) is 3. The van der Waals surface area contributed by atoms with Gasteiger partial charge < -0.3 is 19.9 Å². The van der Waals surface area contributed by atoms with Gasteiger partial charge in [-0.1, -0.05) is 6.07 Å². The Morgan fingerprint density at radius 1 is 1.00 bits per heavy atom. The smallest absolute Gasteiger partial charge is 0.329 e. The van der Waals surface area contributed by atoms with E-state index in [-0.39, 0.29) is 23.9 Å². The lowest BCUT2D eigenvalue weighted by molar-refractivity contribution is -0.136. The molecule has 0 bridgehead atoms. The summed E-state index contributed by atoms with van der Waals surface area (Å²) in [5, 5.41) is 7.09. The molecule has 1 aromatic carbocycles. The summed E-state index contributed by atoms with van der Waals surface area (Å²) in [5.74, 6) is 0.328. The molecule has 2 saturated heterocycles. The van der Waals surface area contributed by atoms with Gasteiger partial charge in [0.1, 0.15) is 23.8 Å². The number of rotatable bonds is 11. The van der Waals surface area contributed by atoms with Crippen molar-refractivity contribution in [3.8, 4) is 0 Å². The van der Waals surface area contributed by atoms with E-state index in [4.69, 9.17) is 4.74 Å². The summed E-state index contributed by atoms with van der Waals surface area (Å²) in [6.07, 6.45) is 10.5. The Morgan fingerprint density at radius 2 is 1.80 bits per heavy atom. The summed E-state index contributed by atoms with van der Waals surface area (Å²) in [6, 6.07) is 6.09. The fourth-order valence-corrected chi connectivity index (χ4v) is 7.93. The van der Waals surface area contributed by atoms with Gasteiger partial charge in [-0.25, -0.2) is 14.8 Å². The van der Waals surface area contributed by atoms with Gasteiger partial charge in [0.2, 0.25) is 17.7 Å². The van der Waals surface area contributed by atoms with Crippen molar-refractivity contribution < 1.29 is 19.1 Å². The molecule has 5 heterocycles. The van der Waals surface area contributed by atoms with Gasteiger partial charge in [-0.2, -0.15) is 0 Å². The molecule has 3 fully saturated rings. The summed E-state index contributed by atoms with van der Waals surface area (Å²) in [5.41, 5.74) is 4.25. The largest absolute Gasteiger partial charge is 0.381 e. The van der Waals surface area contributed by atoms with Gasteiger partial charge in [0.15, 0.2) is 0 Å². The van der Waals surface area contributed by atoms with Gasteiger partial charge in [-0.15, -0.1) is 0 Å². The average Bonchev–Trinajstić information content (AvgIpc) is 3.63. The highest BCUT2D eigenvalue weighted by Gasteiger charge is 2.32. The number of fused-ring (bicyclic) bond motifs is 2. The van der Waals surface area contributed by atoms with Gasteiger partial charge in [0, 0.05) is 64.5 Å². The molecule has 3 aliphatic rings. The molecule has 0 radical (unpaired) electrons. The number of aryl methyl sites for hydroxylation is 3. The first kappa shape index (κ1) is 33.9. The van der Waals surface area contributed by atoms with E-state index in [0.29, 0.717) is 43.7 Å². The standard InChI is InChI=1S/C36H47N9O5/c1-23-21-37-33-32(23)34(39-22-38-33)40-25-6-8-26(9-7-25)43-14-16-44(17-15-43)31(47)13-19-50-18-3-4-24-5-10-27-29(20-24)42(2)36(49)45(27)28-11-12-30(46)41-35(28)48/h5,10,20-22,25-26,28H,3-4,6-9,11-19H2,1-2H3,(H,41,46,48)(H2,37,38,39,40)/t25-,26-,28?. The van der Waals surface area contributed by atoms with Crippen LogP contribution in [0.25, 0.3) is 22.1 Å². The predicted octanol–water partition coefficient (Wildman–Crippen LogP) is 2.80. The maximum absolute atomic E-state index is 13.0. The second-order valence-corrected chi connectivity index (χ2v) is 14.0. The maximum Gasteiger partial charge on any atom is 0.329 e. The monoisotopic (exact) mass is 685 g/mol. The molecule has 0 spiro atoms. The first-order chi connectivity index (χ1) is 24.3. The normalized spacial score (nSPS) is 22.0. The number of H-pyrrole nitrogens is 1. The van der Waals surface area contributed by atoms with Gasteiger partial charge in [-0.3, -0.25) is 33.7 Å². The van der Waals surface area contributed by atoms with Crippen LogP contribution in [0, 0.1) is 6.92 Å². The van der Waals surface area contributed by atoms with Gasteiger partial charge in [-0.05, 0) is 75.1 Å². The number of piperazine rings is 1. The molecule has 1 unspecified atom stereocenters. The SMILES string of the molecule is Cc1c[nH]c2ncnc(N[C@H]3CC[C@H](N4CCN(C(=O)CCOCCCc5ccc6c(c5)n(C)c(=O)n6C5CCC(=O)NC5=O)CC4)CC3)c12. The number of carbonyl (C=O) groups excluding carboxylic acids is 3. The molecular formula is C36H47N9O5. The van der Waals surface area contributed by atoms with E-state index < -0.39 is 11.9 Å². The number of amides is 3. The molecule has 3 amide bonds. The van der Waals surface area contributed by atoms with Gasteiger partial charge in [0.05, 0.1) is 29.4 Å². The quantitative estimate of drug-likeness (QED) is 0.159. The number of hydrogen-bond donors (Lipinski definition) is 3. The van der Waals surface area contributed by atoms with Gasteiger partial charge >= 0.3 is 5.69 Å². The van der Waals surface area contributed by atoms with Crippen LogP contribution < -0.4 is 16.3 Å². The number of anilines is 1. The molecule has 7 rings (SSSR count). The predicted molar refractivity (Wildman–Crippen MR) is 189 cm³/mol. The average molecular weight is 686 g/mol. The number of benzene rings is 1. The number of nitrogens with zero attached hydrogens (tertiary/aromatic N) is 6. The number of imidazole rings is 1. The minimum Gasteiger partial charge on any atom is -0.381 e. The molecule has 1 atom stereocenters. The topological polar surface area (TPSA) is 159 Å². The molecule has 14 heteroatoms. The third kappa shape index (κ3) is 7.04. The summed E-state index contributed by atoms with van der Waals surface area (Å²) in [6.45, 7) is 6.37. The Balaban J connectivity index is 0.797. The molecule has 2 aliphatic heterocycles. The molecule has 3 N–H and O–H groups in total. The Labute approximate surface area is 290 Å². The highest BCUT2D eigenvalue weighted by molar-refractivity contribution is 6.00. The van der Waals surface area contributed by atoms with Crippen LogP contribution >= 0.6 is 0 Å². The van der Waals surface area contributed by atoms with E-state index in [1.165, 1.54) is 4.57 Å². The van der Waals surface area contributed by atoms with E-state index in [0.717, 1.165) is 98.2 Å². The zero-order valence-corrected chi connectivity index (χ0v) is 28.9. The van der Waals surface area contributed by atoms with Crippen molar-refractivity contribution in [3.63, 3.8) is 0 Å². The van der Waals surface area contributed by atoms with Crippen LogP contribution in [-0.4, -0.2) is 103 Å². The van der Waals surface area contributed by atoms with E-state index in [9.17, 15) is 19.2 Å². The van der Waals surface area contributed by atoms with Crippen molar-refractivity contribution in [2.45, 2.75) is 82.8 Å². The number of hydrogen-bond acceptors (Lipinski definition) is 9. The van der Waals surface area contributed by atoms with Crippen LogP contribution in [0.4, 0.5) is 5.82 Å². The molecule has 266 valence electrons. The number of ether oxygens (including phenoxy) is 1. The molecule has 1 saturated carbocycles. The highest BCUT2D eigenvalue weighted by Crippen LogP contribution is 2.29. The Kier molecular flexibility index (Phi) is 9.99. The van der Waals surface area contributed by atoms with E-state index in [1.807, 2.05) is 29.3 Å². The highest BCUT2D eigenvalue weighted by atomic mass is 16.5. The summed E-state index contributed by atoms with van der Waals surface area (Å²) in [7, 11) is 1.70. The summed E-state index contributed by atoms with van der Waals surface area (Å²) >= 11 is 0. The van der Waals surface area contributed by atoms with Crippen molar-refractivity contribution in [2.75, 3.05) is 44.7 Å². The lowest BCUT2D eigenvalue weighted by atomic mass is 9.89. The third-order valence-electron chi connectivity index (χ3n) is 10.8. The molecule has 50 heavy (non-hydrogen) atoms. The second kappa shape index (κ2) is 14.7. The van der Waals surface area contributed by atoms with Crippen molar-refractivity contribution in [1.82, 2.24) is 39.2 Å². The van der Waals surface area contributed by atoms with Crippen molar-refractivity contribution in [2.24, 2.45) is 7.05 Å². The zero-order valence-electron chi connectivity index (χ0n) is 28.9. The minimum atomic E-state index is -0.693. The molecular weight excluding hydrogens is 638 g/mol. The number of piperidine rings is 1. The van der Waals surface area contributed by atoms with Crippen LogP contribution in [-0.2, 0) is 32.6 Å². The van der Waals surface area contributed by atoms with Crippen LogP contribution in [0.5, 0.6) is 0 Å². The number of aromatic amines is 1. The zero-order chi connectivity index (χ0) is 34.8. The number of carbonyl (C=O) groups is 3. The summed E-state index contributed by atoms with van der Waals surface area (Å²) in [4.78, 5) is 66.6. The second-order valence-electron chi connectivity index (χ2n) is 14.0. The third-order valence-corrected chi connectivity index (χ3v) is 10.8. The number of aromatic nitrogens is 5. The van der Waals surface area contributed by atoms with E-state index in [2.05, 4.69) is 37.4 Å². The first-order valence-electron chi connectivity index (χ1n) is 17.9. The van der Waals surface area contributed by atoms with Crippen LogP contribution in [0.3, 0.4) is 0 Å². The van der Waals surface area contributed by atoms with E-state index >= 15 is 0 Å².